The van der Waals surface area contributed by atoms with Crippen LogP contribution in [0.25, 0.3) is 0 Å². The molecule has 0 aliphatic heterocycles. The van der Waals surface area contributed by atoms with Gasteiger partial charge in [-0.3, -0.25) is 10.1 Å². The van der Waals surface area contributed by atoms with Crippen LogP contribution >= 0.6 is 24.2 Å². The second-order valence-corrected chi connectivity index (χ2v) is 2.75. The van der Waals surface area contributed by atoms with Crippen LogP contribution in [0.15, 0.2) is 0 Å². The molecule has 0 unspecified atom stereocenters. The zero-order valence-electron chi connectivity index (χ0n) is 6.27. The van der Waals surface area contributed by atoms with Gasteiger partial charge in [0.25, 0.3) is 0 Å². The highest BCUT2D eigenvalue weighted by Crippen LogP contribution is 2.27. The molecule has 1 rings (SSSR count). The number of halogens is 1. The van der Waals surface area contributed by atoms with Crippen molar-refractivity contribution >= 4 is 35.7 Å². The summed E-state index contributed by atoms with van der Waals surface area (Å²) in [5, 5.41) is 10.1. The zero-order valence-corrected chi connectivity index (χ0v) is 7.92. The van der Waals surface area contributed by atoms with E-state index in [1.165, 1.54) is 0 Å². The van der Waals surface area contributed by atoms with Gasteiger partial charge in [0.1, 0.15) is 5.82 Å². The van der Waals surface area contributed by atoms with Gasteiger partial charge >= 0.3 is 5.69 Å². The van der Waals surface area contributed by atoms with Gasteiger partial charge in [-0.05, 0) is 0 Å². The van der Waals surface area contributed by atoms with Crippen molar-refractivity contribution in [1.82, 2.24) is 9.97 Å². The molecule has 0 bridgehead atoms. The third-order valence-electron chi connectivity index (χ3n) is 1.24. The van der Waals surface area contributed by atoms with Crippen molar-refractivity contribution in [3.05, 3.63) is 21.1 Å². The van der Waals surface area contributed by atoms with Crippen molar-refractivity contribution in [2.45, 2.75) is 5.75 Å². The molecule has 1 heterocycles. The lowest BCUT2D eigenvalue weighted by Gasteiger charge is -2.00. The van der Waals surface area contributed by atoms with Gasteiger partial charge < -0.3 is 5.73 Å². The Morgan fingerprint density at radius 2 is 2.23 bits per heavy atom. The van der Waals surface area contributed by atoms with Gasteiger partial charge in [-0.25, -0.2) is 9.97 Å². The predicted molar refractivity (Wildman–Crippen MR) is 50.8 cm³/mol. The predicted octanol–water partition coefficient (Wildman–Crippen LogP) is 1.05. The Kier molecular flexibility index (Phi) is 2.89. The third kappa shape index (κ3) is 1.99. The number of rotatable bonds is 2. The van der Waals surface area contributed by atoms with E-state index >= 15 is 0 Å². The molecule has 6 nitrogen and oxygen atoms in total. The van der Waals surface area contributed by atoms with Crippen LogP contribution in [-0.2, 0) is 5.75 Å². The molecular weight excluding hydrogens is 216 g/mol. The molecule has 1 aromatic heterocycles. The molecule has 0 fully saturated rings. The SMILES string of the molecule is Nc1nc(CS)nc(Cl)c1[N+](=O)[O-]. The van der Waals surface area contributed by atoms with Crippen LogP contribution < -0.4 is 5.73 Å². The molecule has 70 valence electrons. The van der Waals surface area contributed by atoms with Crippen molar-refractivity contribution in [3.8, 4) is 0 Å². The average molecular weight is 221 g/mol. The first-order chi connectivity index (χ1) is 6.06. The Balaban J connectivity index is 3.31. The summed E-state index contributed by atoms with van der Waals surface area (Å²) in [6, 6.07) is 0. The van der Waals surface area contributed by atoms with E-state index in [1.54, 1.807) is 0 Å². The van der Waals surface area contributed by atoms with Gasteiger partial charge in [0.05, 0.1) is 10.7 Å². The van der Waals surface area contributed by atoms with Crippen LogP contribution in [0.4, 0.5) is 11.5 Å². The molecule has 8 heteroatoms. The number of nitrogens with zero attached hydrogens (tertiary/aromatic N) is 3. The largest absolute Gasteiger partial charge is 0.378 e. The minimum atomic E-state index is -0.722. The fourth-order valence-electron chi connectivity index (χ4n) is 0.728. The van der Waals surface area contributed by atoms with E-state index in [1.807, 2.05) is 0 Å². The van der Waals surface area contributed by atoms with Crippen molar-refractivity contribution in [1.29, 1.82) is 0 Å². The molecule has 0 radical (unpaired) electrons. The summed E-state index contributed by atoms with van der Waals surface area (Å²) in [5.41, 5.74) is 4.82. The molecule has 0 aromatic carbocycles. The highest BCUT2D eigenvalue weighted by molar-refractivity contribution is 7.79. The summed E-state index contributed by atoms with van der Waals surface area (Å²) < 4.78 is 0. The van der Waals surface area contributed by atoms with Gasteiger partial charge in [0.2, 0.25) is 11.0 Å². The van der Waals surface area contributed by atoms with Crippen LogP contribution in [0.2, 0.25) is 5.15 Å². The number of hydrogen-bond acceptors (Lipinski definition) is 6. The molecule has 0 spiro atoms. The number of aromatic nitrogens is 2. The molecule has 0 aliphatic rings. The second-order valence-electron chi connectivity index (χ2n) is 2.08. The summed E-state index contributed by atoms with van der Waals surface area (Å²) in [5.74, 6) is 0.243. The fourth-order valence-corrected chi connectivity index (χ4v) is 1.13. The van der Waals surface area contributed by atoms with Crippen LogP contribution in [0.1, 0.15) is 5.82 Å². The van der Waals surface area contributed by atoms with Gasteiger partial charge in [-0.2, -0.15) is 12.6 Å². The summed E-state index contributed by atoms with van der Waals surface area (Å²) in [4.78, 5) is 16.9. The highest BCUT2D eigenvalue weighted by atomic mass is 35.5. The van der Waals surface area contributed by atoms with E-state index < -0.39 is 10.6 Å². The molecule has 0 atom stereocenters. The molecule has 0 amide bonds. The van der Waals surface area contributed by atoms with Crippen molar-refractivity contribution in [3.63, 3.8) is 0 Å². The quantitative estimate of drug-likeness (QED) is 0.336. The van der Waals surface area contributed by atoms with Gasteiger partial charge in [-0.1, -0.05) is 11.6 Å². The standard InChI is InChI=1S/C5H5ClN4O2S/c6-4-3(10(11)12)5(7)9-2(1-13)8-4/h13H,1H2,(H2,7,8,9). The van der Waals surface area contributed by atoms with Crippen LogP contribution in [0.3, 0.4) is 0 Å². The first-order valence-electron chi connectivity index (χ1n) is 3.13. The van der Waals surface area contributed by atoms with Gasteiger partial charge in [0.15, 0.2) is 0 Å². The molecular formula is C5H5ClN4O2S. The number of anilines is 1. The third-order valence-corrected chi connectivity index (χ3v) is 1.79. The minimum absolute atomic E-state index is 0.224. The Hall–Kier alpha value is -1.08. The average Bonchev–Trinajstić information content (AvgIpc) is 2.02. The highest BCUT2D eigenvalue weighted by Gasteiger charge is 2.20. The van der Waals surface area contributed by atoms with Crippen molar-refractivity contribution in [2.75, 3.05) is 5.73 Å². The smallest absolute Gasteiger partial charge is 0.348 e. The van der Waals surface area contributed by atoms with E-state index in [-0.39, 0.29) is 22.5 Å². The molecule has 2 N–H and O–H groups in total. The van der Waals surface area contributed by atoms with E-state index in [0.717, 1.165) is 0 Å². The lowest BCUT2D eigenvalue weighted by molar-refractivity contribution is -0.384. The number of nitrogen functional groups attached to an aromatic ring is 1. The Labute approximate surface area is 83.7 Å². The van der Waals surface area contributed by atoms with Crippen molar-refractivity contribution in [2.24, 2.45) is 0 Å². The second kappa shape index (κ2) is 3.75. The van der Waals surface area contributed by atoms with Gasteiger partial charge in [-0.15, -0.1) is 0 Å². The summed E-state index contributed by atoms with van der Waals surface area (Å²) in [7, 11) is 0. The van der Waals surface area contributed by atoms with Crippen LogP contribution in [0, 0.1) is 10.1 Å². The lowest BCUT2D eigenvalue weighted by Crippen LogP contribution is -2.04. The lowest BCUT2D eigenvalue weighted by atomic mass is 10.5. The summed E-state index contributed by atoms with van der Waals surface area (Å²) in [6.07, 6.45) is 0. The Morgan fingerprint density at radius 1 is 1.62 bits per heavy atom. The Morgan fingerprint density at radius 3 is 2.62 bits per heavy atom. The van der Waals surface area contributed by atoms with Crippen LogP contribution in [-0.4, -0.2) is 14.9 Å². The first-order valence-corrected chi connectivity index (χ1v) is 4.14. The zero-order chi connectivity index (χ0) is 10.0. The van der Waals surface area contributed by atoms with E-state index in [4.69, 9.17) is 17.3 Å². The normalized spacial score (nSPS) is 10.0. The summed E-state index contributed by atoms with van der Waals surface area (Å²) >= 11 is 9.38. The van der Waals surface area contributed by atoms with Gasteiger partial charge in [0, 0.05) is 0 Å². The van der Waals surface area contributed by atoms with Crippen molar-refractivity contribution < 1.29 is 4.92 Å². The van der Waals surface area contributed by atoms with E-state index in [2.05, 4.69) is 22.6 Å². The fraction of sp³-hybridized carbons (Fsp3) is 0.200. The maximum Gasteiger partial charge on any atom is 0.348 e. The molecule has 0 saturated heterocycles. The number of hydrogen-bond donors (Lipinski definition) is 2. The molecule has 0 aliphatic carbocycles. The van der Waals surface area contributed by atoms with E-state index in [9.17, 15) is 10.1 Å². The number of nitrogens with two attached hydrogens (primary N) is 1. The Bertz CT molecular complexity index is 335. The maximum atomic E-state index is 10.4. The topological polar surface area (TPSA) is 94.9 Å². The monoisotopic (exact) mass is 220 g/mol. The number of thiol groups is 1. The molecule has 1 aromatic rings. The maximum absolute atomic E-state index is 10.4. The first kappa shape index (κ1) is 10.0. The molecule has 13 heavy (non-hydrogen) atoms. The number of nitro groups is 1. The molecule has 0 saturated carbocycles. The minimum Gasteiger partial charge on any atom is -0.378 e. The summed E-state index contributed by atoms with van der Waals surface area (Å²) in [6.45, 7) is 0. The van der Waals surface area contributed by atoms with E-state index in [0.29, 0.717) is 0 Å². The van der Waals surface area contributed by atoms with Crippen LogP contribution in [0.5, 0.6) is 0 Å².